The van der Waals surface area contributed by atoms with Gasteiger partial charge < -0.3 is 9.73 Å². The molecule has 1 aliphatic rings. The van der Waals surface area contributed by atoms with Gasteiger partial charge in [-0.05, 0) is 25.2 Å². The predicted molar refractivity (Wildman–Crippen MR) is 66.9 cm³/mol. The van der Waals surface area contributed by atoms with E-state index in [1.807, 2.05) is 6.92 Å². The van der Waals surface area contributed by atoms with Crippen LogP contribution < -0.4 is 5.32 Å². The number of hydrogen-bond acceptors (Lipinski definition) is 4. The topological polar surface area (TPSA) is 68.0 Å². The number of carbonyl (C=O) groups excluding carboxylic acids is 1. The molecule has 0 bridgehead atoms. The van der Waals surface area contributed by atoms with Gasteiger partial charge in [0, 0.05) is 18.9 Å². The van der Waals surface area contributed by atoms with Crippen molar-refractivity contribution in [1.29, 1.82) is 0 Å². The smallest absolute Gasteiger partial charge is 0.279 e. The Balaban J connectivity index is 1.81. The molecule has 1 fully saturated rings. The van der Waals surface area contributed by atoms with Gasteiger partial charge in [-0.25, -0.2) is 4.39 Å². The van der Waals surface area contributed by atoms with Crippen molar-refractivity contribution < 1.29 is 13.6 Å². The highest BCUT2D eigenvalue weighted by molar-refractivity contribution is 5.90. The molecule has 2 atom stereocenters. The molecule has 1 aromatic rings. The van der Waals surface area contributed by atoms with E-state index in [0.717, 1.165) is 32.1 Å². The van der Waals surface area contributed by atoms with Crippen molar-refractivity contribution in [2.45, 2.75) is 45.1 Å². The van der Waals surface area contributed by atoms with Crippen LogP contribution in [0.5, 0.6) is 0 Å². The summed E-state index contributed by atoms with van der Waals surface area (Å²) in [6.45, 7) is 4.94. The summed E-state index contributed by atoms with van der Waals surface area (Å²) in [5.74, 6) is 0.0308. The number of aryl methyl sites for hydroxylation is 1. The van der Waals surface area contributed by atoms with Crippen LogP contribution in [0.3, 0.4) is 0 Å². The molecule has 0 spiro atoms. The lowest BCUT2D eigenvalue weighted by Crippen LogP contribution is -2.33. The fourth-order valence-electron chi connectivity index (χ4n) is 2.42. The summed E-state index contributed by atoms with van der Waals surface area (Å²) in [5, 5.41) is 10.5. The third kappa shape index (κ3) is 3.62. The van der Waals surface area contributed by atoms with Gasteiger partial charge in [0.2, 0.25) is 11.8 Å². The van der Waals surface area contributed by atoms with Gasteiger partial charge in [0.25, 0.3) is 5.91 Å². The Bertz CT molecular complexity index is 472. The number of nitrogens with zero attached hydrogens (tertiary/aromatic N) is 2. The molecular formula is C13H18FN3O2. The molecule has 0 saturated heterocycles. The normalized spacial score (nSPS) is 22.4. The monoisotopic (exact) mass is 267 g/mol. The summed E-state index contributed by atoms with van der Waals surface area (Å²) in [5.41, 5.74) is 0. The molecule has 1 N–H and O–H groups in total. The van der Waals surface area contributed by atoms with E-state index in [2.05, 4.69) is 22.1 Å². The molecule has 1 saturated carbocycles. The van der Waals surface area contributed by atoms with Crippen molar-refractivity contribution in [2.75, 3.05) is 0 Å². The lowest BCUT2D eigenvalue weighted by Gasteiger charge is -2.11. The van der Waals surface area contributed by atoms with Crippen LogP contribution in [0, 0.1) is 5.92 Å². The minimum Gasteiger partial charge on any atom is -0.425 e. The minimum absolute atomic E-state index is 0.0126. The first-order valence-electron chi connectivity index (χ1n) is 6.55. The standard InChI is InChI=1S/C13H18FN3O2/c1-3-11-16-17-12(19-11)7-9-4-5-10(6-9)15-13(18)8(2)14/h9-10H,2-7H2,1H3,(H,15,18)/t9-,10+/m1/s1. The zero-order chi connectivity index (χ0) is 13.8. The lowest BCUT2D eigenvalue weighted by molar-refractivity contribution is -0.119. The van der Waals surface area contributed by atoms with Gasteiger partial charge in [0.15, 0.2) is 5.83 Å². The Kier molecular flexibility index (Phi) is 4.29. The molecule has 0 unspecified atom stereocenters. The Morgan fingerprint density at radius 1 is 1.47 bits per heavy atom. The van der Waals surface area contributed by atoms with Crippen molar-refractivity contribution in [1.82, 2.24) is 15.5 Å². The van der Waals surface area contributed by atoms with E-state index >= 15 is 0 Å². The second-order valence-electron chi connectivity index (χ2n) is 4.90. The Morgan fingerprint density at radius 2 is 2.21 bits per heavy atom. The molecule has 19 heavy (non-hydrogen) atoms. The zero-order valence-electron chi connectivity index (χ0n) is 11.0. The maximum Gasteiger partial charge on any atom is 0.279 e. The molecule has 1 aliphatic carbocycles. The largest absolute Gasteiger partial charge is 0.425 e. The average molecular weight is 267 g/mol. The SMILES string of the molecule is C=C(F)C(=O)N[C@H]1CC[C@@H](Cc2nnc(CC)o2)C1. The Hall–Kier alpha value is -1.72. The summed E-state index contributed by atoms with van der Waals surface area (Å²) in [7, 11) is 0. The second-order valence-corrected chi connectivity index (χ2v) is 4.90. The fraction of sp³-hybridized carbons (Fsp3) is 0.615. The van der Waals surface area contributed by atoms with Crippen LogP contribution >= 0.6 is 0 Å². The highest BCUT2D eigenvalue weighted by Crippen LogP contribution is 2.28. The van der Waals surface area contributed by atoms with Crippen molar-refractivity contribution in [3.05, 3.63) is 24.2 Å². The third-order valence-corrected chi connectivity index (χ3v) is 3.40. The highest BCUT2D eigenvalue weighted by atomic mass is 19.1. The van der Waals surface area contributed by atoms with E-state index in [9.17, 15) is 9.18 Å². The molecule has 1 heterocycles. The average Bonchev–Trinajstić information content (AvgIpc) is 2.99. The van der Waals surface area contributed by atoms with Crippen molar-refractivity contribution >= 4 is 5.91 Å². The zero-order valence-corrected chi connectivity index (χ0v) is 11.0. The lowest BCUT2D eigenvalue weighted by atomic mass is 10.0. The molecule has 0 radical (unpaired) electrons. The van der Waals surface area contributed by atoms with E-state index in [-0.39, 0.29) is 6.04 Å². The van der Waals surface area contributed by atoms with Crippen molar-refractivity contribution in [2.24, 2.45) is 5.92 Å². The summed E-state index contributed by atoms with van der Waals surface area (Å²) < 4.78 is 18.1. The maximum absolute atomic E-state index is 12.6. The van der Waals surface area contributed by atoms with Crippen LogP contribution in [-0.4, -0.2) is 22.1 Å². The number of halogens is 1. The summed E-state index contributed by atoms with van der Waals surface area (Å²) in [6.07, 6.45) is 4.07. The molecular weight excluding hydrogens is 249 g/mol. The molecule has 0 aliphatic heterocycles. The second kappa shape index (κ2) is 5.95. The number of rotatable bonds is 5. The number of aromatic nitrogens is 2. The Morgan fingerprint density at radius 3 is 2.84 bits per heavy atom. The molecule has 1 aromatic heterocycles. The number of nitrogens with one attached hydrogen (secondary N) is 1. The summed E-state index contributed by atoms with van der Waals surface area (Å²) in [6, 6.07) is 0.0126. The van der Waals surface area contributed by atoms with Gasteiger partial charge >= 0.3 is 0 Å². The van der Waals surface area contributed by atoms with Crippen LogP contribution in [-0.2, 0) is 17.6 Å². The van der Waals surface area contributed by atoms with Crippen LogP contribution in [0.15, 0.2) is 16.8 Å². The number of hydrogen-bond donors (Lipinski definition) is 1. The summed E-state index contributed by atoms with van der Waals surface area (Å²) >= 11 is 0. The predicted octanol–water partition coefficient (Wildman–Crippen LogP) is 1.94. The number of carbonyl (C=O) groups is 1. The van der Waals surface area contributed by atoms with E-state index < -0.39 is 11.7 Å². The molecule has 1 amide bonds. The first-order chi connectivity index (χ1) is 9.08. The summed E-state index contributed by atoms with van der Waals surface area (Å²) in [4.78, 5) is 11.2. The van der Waals surface area contributed by atoms with Crippen LogP contribution in [0.2, 0.25) is 0 Å². The van der Waals surface area contributed by atoms with Crippen molar-refractivity contribution in [3.63, 3.8) is 0 Å². The van der Waals surface area contributed by atoms with Gasteiger partial charge in [-0.3, -0.25) is 4.79 Å². The van der Waals surface area contributed by atoms with Crippen molar-refractivity contribution in [3.8, 4) is 0 Å². The number of amides is 1. The van der Waals surface area contributed by atoms with Crippen LogP contribution in [0.1, 0.15) is 38.0 Å². The fourth-order valence-corrected chi connectivity index (χ4v) is 2.42. The molecule has 5 nitrogen and oxygen atoms in total. The third-order valence-electron chi connectivity index (χ3n) is 3.40. The van der Waals surface area contributed by atoms with Gasteiger partial charge in [0.05, 0.1) is 0 Å². The molecule has 2 rings (SSSR count). The van der Waals surface area contributed by atoms with E-state index in [0.29, 0.717) is 17.7 Å². The quantitative estimate of drug-likeness (QED) is 0.828. The van der Waals surface area contributed by atoms with Crippen LogP contribution in [0.25, 0.3) is 0 Å². The van der Waals surface area contributed by atoms with Gasteiger partial charge in [-0.1, -0.05) is 13.5 Å². The van der Waals surface area contributed by atoms with E-state index in [1.54, 1.807) is 0 Å². The van der Waals surface area contributed by atoms with Crippen LogP contribution in [0.4, 0.5) is 4.39 Å². The van der Waals surface area contributed by atoms with Gasteiger partial charge in [-0.15, -0.1) is 10.2 Å². The first kappa shape index (κ1) is 13.7. The first-order valence-corrected chi connectivity index (χ1v) is 6.55. The van der Waals surface area contributed by atoms with Gasteiger partial charge in [0.1, 0.15) is 0 Å². The highest BCUT2D eigenvalue weighted by Gasteiger charge is 2.27. The molecule has 104 valence electrons. The maximum atomic E-state index is 12.6. The molecule has 6 heteroatoms. The van der Waals surface area contributed by atoms with E-state index in [1.165, 1.54) is 0 Å². The Labute approximate surface area is 111 Å². The van der Waals surface area contributed by atoms with E-state index in [4.69, 9.17) is 4.42 Å². The molecule has 0 aromatic carbocycles. The minimum atomic E-state index is -0.937. The van der Waals surface area contributed by atoms with Gasteiger partial charge in [-0.2, -0.15) is 0 Å².